The quantitative estimate of drug-likeness (QED) is 0.193. The third-order valence-corrected chi connectivity index (χ3v) is 7.83. The number of rotatable bonds is 6. The normalized spacial score (nSPS) is 11.4. The summed E-state index contributed by atoms with van der Waals surface area (Å²) in [5, 5.41) is 0. The molecular weight excluding hydrogens is 508 g/mol. The predicted octanol–water partition coefficient (Wildman–Crippen LogP) is 10.1. The van der Waals surface area contributed by atoms with Crippen LogP contribution in [0, 0.1) is 0 Å². The summed E-state index contributed by atoms with van der Waals surface area (Å²) in [7, 11) is 0. The first-order valence-corrected chi connectivity index (χ1v) is 14.2. The van der Waals surface area contributed by atoms with E-state index in [2.05, 4.69) is 133 Å². The van der Waals surface area contributed by atoms with E-state index in [4.69, 9.17) is 0 Å². The summed E-state index contributed by atoms with van der Waals surface area (Å²) in [6, 6.07) is 54.1. The number of carbonyl (C=O) groups is 1. The SMILES string of the molecule is O=C1c2cc(C=C(c3ccccc3)c3ccccc3)ccc2-c2ccc(C=C(c3ccccc3)c3ccccc3)cc21. The van der Waals surface area contributed by atoms with Gasteiger partial charge >= 0.3 is 0 Å². The van der Waals surface area contributed by atoms with Crippen LogP contribution in [0.1, 0.15) is 49.3 Å². The van der Waals surface area contributed by atoms with Crippen molar-refractivity contribution in [3.05, 3.63) is 202 Å². The van der Waals surface area contributed by atoms with Crippen molar-refractivity contribution in [2.45, 2.75) is 0 Å². The summed E-state index contributed by atoms with van der Waals surface area (Å²) in [5.41, 5.74) is 12.3. The van der Waals surface area contributed by atoms with Crippen LogP contribution < -0.4 is 0 Å². The highest BCUT2D eigenvalue weighted by atomic mass is 16.1. The maximum atomic E-state index is 13.8. The zero-order valence-corrected chi connectivity index (χ0v) is 23.1. The molecule has 6 aromatic rings. The summed E-state index contributed by atoms with van der Waals surface area (Å²) in [6.45, 7) is 0. The molecule has 0 saturated heterocycles. The van der Waals surface area contributed by atoms with Crippen LogP contribution in [0.3, 0.4) is 0 Å². The van der Waals surface area contributed by atoms with Crippen LogP contribution in [0.25, 0.3) is 34.4 Å². The number of hydrogen-bond acceptors (Lipinski definition) is 1. The lowest BCUT2D eigenvalue weighted by atomic mass is 9.94. The number of hydrogen-bond donors (Lipinski definition) is 0. The molecule has 0 N–H and O–H groups in total. The lowest BCUT2D eigenvalue weighted by molar-refractivity contribution is 0.104. The van der Waals surface area contributed by atoms with Crippen molar-refractivity contribution in [1.29, 1.82) is 0 Å². The molecule has 6 aromatic carbocycles. The molecule has 0 saturated carbocycles. The van der Waals surface area contributed by atoms with Crippen LogP contribution >= 0.6 is 0 Å². The van der Waals surface area contributed by atoms with Crippen molar-refractivity contribution < 1.29 is 4.79 Å². The van der Waals surface area contributed by atoms with Crippen molar-refractivity contribution >= 4 is 29.1 Å². The molecule has 0 aliphatic heterocycles. The Morgan fingerprint density at radius 1 is 0.357 bits per heavy atom. The van der Waals surface area contributed by atoms with Gasteiger partial charge in [-0.25, -0.2) is 0 Å². The van der Waals surface area contributed by atoms with Gasteiger partial charge in [0.1, 0.15) is 0 Å². The van der Waals surface area contributed by atoms with Gasteiger partial charge < -0.3 is 0 Å². The summed E-state index contributed by atoms with van der Waals surface area (Å²) in [6.07, 6.45) is 4.36. The smallest absolute Gasteiger partial charge is 0.194 e. The van der Waals surface area contributed by atoms with E-state index in [1.807, 2.05) is 36.4 Å². The Morgan fingerprint density at radius 2 is 0.667 bits per heavy atom. The van der Waals surface area contributed by atoms with Crippen molar-refractivity contribution in [3.63, 3.8) is 0 Å². The highest BCUT2D eigenvalue weighted by molar-refractivity contribution is 6.22. The molecule has 0 spiro atoms. The lowest BCUT2D eigenvalue weighted by Gasteiger charge is -2.10. The highest BCUT2D eigenvalue weighted by Gasteiger charge is 2.27. The topological polar surface area (TPSA) is 17.1 Å². The molecule has 0 atom stereocenters. The molecule has 1 heteroatoms. The minimum atomic E-state index is 0.0763. The average Bonchev–Trinajstić information content (AvgIpc) is 3.34. The number of fused-ring (bicyclic) bond motifs is 3. The monoisotopic (exact) mass is 536 g/mol. The van der Waals surface area contributed by atoms with Crippen LogP contribution in [0.5, 0.6) is 0 Å². The zero-order chi connectivity index (χ0) is 28.3. The molecule has 0 amide bonds. The number of carbonyl (C=O) groups excluding carboxylic acids is 1. The van der Waals surface area contributed by atoms with Gasteiger partial charge in [0.2, 0.25) is 0 Å². The Hall–Kier alpha value is -5.53. The Balaban J connectivity index is 1.27. The van der Waals surface area contributed by atoms with Crippen molar-refractivity contribution in [2.24, 2.45) is 0 Å². The molecule has 7 rings (SSSR count). The molecule has 0 fully saturated rings. The zero-order valence-electron chi connectivity index (χ0n) is 23.1. The van der Waals surface area contributed by atoms with E-state index < -0.39 is 0 Å². The van der Waals surface area contributed by atoms with E-state index in [9.17, 15) is 4.79 Å². The van der Waals surface area contributed by atoms with Gasteiger partial charge in [-0.05, 0) is 79.9 Å². The van der Waals surface area contributed by atoms with E-state index >= 15 is 0 Å². The summed E-state index contributed by atoms with van der Waals surface area (Å²) >= 11 is 0. The lowest BCUT2D eigenvalue weighted by Crippen LogP contribution is -1.96. The molecular formula is C41H28O. The van der Waals surface area contributed by atoms with Crippen molar-refractivity contribution in [3.8, 4) is 11.1 Å². The standard InChI is InChI=1S/C41H28O/c42-41-39-27-29(25-37(31-13-5-1-6-14-31)32-15-7-2-8-16-32)21-23-35(39)36-24-22-30(28-40(36)41)26-38(33-17-9-3-10-18-33)34-19-11-4-12-20-34/h1-28H. The summed E-state index contributed by atoms with van der Waals surface area (Å²) < 4.78 is 0. The van der Waals surface area contributed by atoms with Gasteiger partial charge in [-0.15, -0.1) is 0 Å². The molecule has 42 heavy (non-hydrogen) atoms. The fourth-order valence-corrected chi connectivity index (χ4v) is 5.76. The van der Waals surface area contributed by atoms with Gasteiger partial charge in [-0.2, -0.15) is 0 Å². The van der Waals surface area contributed by atoms with Gasteiger partial charge in [0.15, 0.2) is 5.78 Å². The minimum Gasteiger partial charge on any atom is -0.289 e. The molecule has 0 unspecified atom stereocenters. The van der Waals surface area contributed by atoms with Gasteiger partial charge in [0.05, 0.1) is 0 Å². The van der Waals surface area contributed by atoms with E-state index in [0.29, 0.717) is 0 Å². The third-order valence-electron chi connectivity index (χ3n) is 7.83. The van der Waals surface area contributed by atoms with Crippen molar-refractivity contribution in [1.82, 2.24) is 0 Å². The van der Waals surface area contributed by atoms with E-state index in [0.717, 1.165) is 66.8 Å². The molecule has 1 nitrogen and oxygen atoms in total. The second-order valence-electron chi connectivity index (χ2n) is 10.5. The van der Waals surface area contributed by atoms with Crippen LogP contribution in [0.2, 0.25) is 0 Å². The second kappa shape index (κ2) is 11.2. The van der Waals surface area contributed by atoms with Gasteiger partial charge in [0.25, 0.3) is 0 Å². The maximum absolute atomic E-state index is 13.8. The van der Waals surface area contributed by atoms with Gasteiger partial charge in [-0.1, -0.05) is 146 Å². The predicted molar refractivity (Wildman–Crippen MR) is 175 cm³/mol. The first-order valence-electron chi connectivity index (χ1n) is 14.2. The van der Waals surface area contributed by atoms with E-state index in [-0.39, 0.29) is 5.78 Å². The molecule has 0 aromatic heterocycles. The highest BCUT2D eigenvalue weighted by Crippen LogP contribution is 2.39. The summed E-state index contributed by atoms with van der Waals surface area (Å²) in [5.74, 6) is 0.0763. The largest absolute Gasteiger partial charge is 0.289 e. The van der Waals surface area contributed by atoms with Gasteiger partial charge in [0, 0.05) is 11.1 Å². The molecule has 1 aliphatic rings. The molecule has 0 bridgehead atoms. The average molecular weight is 537 g/mol. The third kappa shape index (κ3) is 4.93. The Morgan fingerprint density at radius 3 is 0.976 bits per heavy atom. The number of ketones is 1. The van der Waals surface area contributed by atoms with Crippen molar-refractivity contribution in [2.75, 3.05) is 0 Å². The van der Waals surface area contributed by atoms with E-state index in [1.165, 1.54) is 0 Å². The first kappa shape index (κ1) is 25.4. The van der Waals surface area contributed by atoms with E-state index in [1.54, 1.807) is 0 Å². The minimum absolute atomic E-state index is 0.0763. The van der Waals surface area contributed by atoms with Crippen LogP contribution in [0.4, 0.5) is 0 Å². The molecule has 0 heterocycles. The van der Waals surface area contributed by atoms with Crippen LogP contribution in [0.15, 0.2) is 158 Å². The Kier molecular flexibility index (Phi) is 6.76. The fraction of sp³-hybridized carbons (Fsp3) is 0. The maximum Gasteiger partial charge on any atom is 0.194 e. The second-order valence-corrected chi connectivity index (χ2v) is 10.5. The van der Waals surface area contributed by atoms with Gasteiger partial charge in [-0.3, -0.25) is 4.79 Å². The van der Waals surface area contributed by atoms with Crippen LogP contribution in [-0.4, -0.2) is 5.78 Å². The first-order chi connectivity index (χ1) is 20.7. The Labute approximate surface area is 246 Å². The Bertz CT molecular complexity index is 1720. The fourth-order valence-electron chi connectivity index (χ4n) is 5.76. The molecule has 0 radical (unpaired) electrons. The van der Waals surface area contributed by atoms with Crippen LogP contribution in [-0.2, 0) is 0 Å². The molecule has 1 aliphatic carbocycles. The number of benzene rings is 6. The summed E-state index contributed by atoms with van der Waals surface area (Å²) in [4.78, 5) is 13.8. The molecule has 198 valence electrons.